The number of aliphatic hydroxyl groups is 5. The number of ether oxygens (including phenoxy) is 3. The summed E-state index contributed by atoms with van der Waals surface area (Å²) in [6, 6.07) is -2.04. The van der Waals surface area contributed by atoms with Crippen LogP contribution < -0.4 is 10.6 Å². The van der Waals surface area contributed by atoms with Crippen LogP contribution in [0.4, 0.5) is 0 Å². The Balaban J connectivity index is 2.22. The summed E-state index contributed by atoms with van der Waals surface area (Å²) in [4.78, 5) is 22.8. The molecule has 2 saturated heterocycles. The molecule has 2 heterocycles. The third-order valence-corrected chi connectivity index (χ3v) is 4.72. The van der Waals surface area contributed by atoms with Crippen LogP contribution in [0.15, 0.2) is 0 Å². The first-order valence-electron chi connectivity index (χ1n) is 8.92. The Hall–Kier alpha value is -1.38. The molecule has 0 aromatic carbocycles. The van der Waals surface area contributed by atoms with Crippen LogP contribution in [0.1, 0.15) is 13.8 Å². The molecule has 12 nitrogen and oxygen atoms in total. The van der Waals surface area contributed by atoms with Crippen LogP contribution in [0.5, 0.6) is 0 Å². The molecule has 2 amide bonds. The minimum absolute atomic E-state index is 0.0624. The van der Waals surface area contributed by atoms with Crippen LogP contribution in [0.3, 0.4) is 0 Å². The van der Waals surface area contributed by atoms with E-state index in [9.17, 15) is 35.1 Å². The fraction of sp³-hybridized carbons (Fsp3) is 0.875. The van der Waals surface area contributed by atoms with Crippen molar-refractivity contribution in [2.24, 2.45) is 0 Å². The van der Waals surface area contributed by atoms with Crippen molar-refractivity contribution in [3.8, 4) is 0 Å². The second kappa shape index (κ2) is 9.89. The molecule has 0 unspecified atom stereocenters. The second-order valence-electron chi connectivity index (χ2n) is 6.89. The summed E-state index contributed by atoms with van der Waals surface area (Å²) in [5.41, 5.74) is 0. The van der Waals surface area contributed by atoms with Crippen molar-refractivity contribution in [3.63, 3.8) is 0 Å². The minimum Gasteiger partial charge on any atom is -0.394 e. The van der Waals surface area contributed by atoms with Crippen LogP contribution in [-0.2, 0) is 23.8 Å². The summed E-state index contributed by atoms with van der Waals surface area (Å²) in [7, 11) is 0. The number of carbonyl (C=O) groups is 2. The first-order valence-corrected chi connectivity index (χ1v) is 8.92. The van der Waals surface area contributed by atoms with Crippen molar-refractivity contribution in [1.82, 2.24) is 10.6 Å². The van der Waals surface area contributed by atoms with Gasteiger partial charge in [-0.05, 0) is 0 Å². The summed E-state index contributed by atoms with van der Waals surface area (Å²) in [5, 5.41) is 54.7. The highest BCUT2D eigenvalue weighted by Crippen LogP contribution is 2.27. The SMILES string of the molecule is CC(=O)N[C@H]1[C@H](O[C@H]2[C@@H](O)[C@H](NC(C)=O)CO[C@@H]2CO)O[C@H](CO)[C@@H](O)[C@H]1O. The molecule has 9 atom stereocenters. The maximum absolute atomic E-state index is 11.5. The van der Waals surface area contributed by atoms with E-state index >= 15 is 0 Å². The maximum atomic E-state index is 11.5. The van der Waals surface area contributed by atoms with Crippen molar-refractivity contribution in [2.45, 2.75) is 68.8 Å². The van der Waals surface area contributed by atoms with Crippen LogP contribution in [-0.4, -0.2) is 112 Å². The van der Waals surface area contributed by atoms with Crippen molar-refractivity contribution >= 4 is 11.8 Å². The molecule has 162 valence electrons. The Labute approximate surface area is 161 Å². The number of rotatable bonds is 6. The van der Waals surface area contributed by atoms with Gasteiger partial charge in [-0.3, -0.25) is 9.59 Å². The Bertz CT molecular complexity index is 550. The predicted octanol–water partition coefficient (Wildman–Crippen LogP) is -4.43. The average molecular weight is 408 g/mol. The zero-order chi connectivity index (χ0) is 21.0. The lowest BCUT2D eigenvalue weighted by molar-refractivity contribution is -0.309. The number of amides is 2. The van der Waals surface area contributed by atoms with Crippen molar-refractivity contribution in [2.75, 3.05) is 19.8 Å². The number of aliphatic hydroxyl groups excluding tert-OH is 5. The van der Waals surface area contributed by atoms with Crippen LogP contribution in [0, 0.1) is 0 Å². The predicted molar refractivity (Wildman–Crippen MR) is 90.7 cm³/mol. The first kappa shape index (κ1) is 22.9. The summed E-state index contributed by atoms with van der Waals surface area (Å²) < 4.78 is 16.6. The molecule has 2 rings (SSSR count). The lowest BCUT2D eigenvalue weighted by atomic mass is 9.95. The number of nitrogens with one attached hydrogen (secondary N) is 2. The van der Waals surface area contributed by atoms with E-state index in [1.54, 1.807) is 0 Å². The number of hydrogen-bond donors (Lipinski definition) is 7. The van der Waals surface area contributed by atoms with Crippen molar-refractivity contribution in [3.05, 3.63) is 0 Å². The smallest absolute Gasteiger partial charge is 0.217 e. The lowest BCUT2D eigenvalue weighted by Crippen LogP contribution is -2.67. The topological polar surface area (TPSA) is 187 Å². The standard InChI is InChI=1S/C16H28N2O10/c1-6(21)17-8-5-26-10(4-20)15(12(8)23)28-16-11(18-7(2)22)14(25)13(24)9(3-19)27-16/h8-16,19-20,23-25H,3-5H2,1-2H3,(H,17,21)(H,18,22)/t8-,9-,10-,11-,12+,13-,14+,15-,16+/m1/s1. The van der Waals surface area contributed by atoms with E-state index in [1.165, 1.54) is 13.8 Å². The van der Waals surface area contributed by atoms with E-state index in [1.807, 2.05) is 0 Å². The van der Waals surface area contributed by atoms with Gasteiger partial charge in [0.2, 0.25) is 11.8 Å². The van der Waals surface area contributed by atoms with Gasteiger partial charge in [0.15, 0.2) is 6.29 Å². The molecule has 2 fully saturated rings. The van der Waals surface area contributed by atoms with Crippen molar-refractivity contribution in [1.29, 1.82) is 0 Å². The van der Waals surface area contributed by atoms with E-state index in [2.05, 4.69) is 10.6 Å². The van der Waals surface area contributed by atoms with Crippen LogP contribution in [0.25, 0.3) is 0 Å². The largest absolute Gasteiger partial charge is 0.394 e. The van der Waals surface area contributed by atoms with E-state index < -0.39 is 80.0 Å². The van der Waals surface area contributed by atoms with Crippen LogP contribution >= 0.6 is 0 Å². The van der Waals surface area contributed by atoms with Gasteiger partial charge in [-0.2, -0.15) is 0 Å². The Morgan fingerprint density at radius 2 is 1.57 bits per heavy atom. The first-order chi connectivity index (χ1) is 13.2. The zero-order valence-corrected chi connectivity index (χ0v) is 15.6. The molecule has 0 bridgehead atoms. The van der Waals surface area contributed by atoms with Gasteiger partial charge >= 0.3 is 0 Å². The molecule has 0 saturated carbocycles. The van der Waals surface area contributed by atoms with E-state index in [0.717, 1.165) is 0 Å². The fourth-order valence-corrected chi connectivity index (χ4v) is 3.32. The van der Waals surface area contributed by atoms with Crippen LogP contribution in [0.2, 0.25) is 0 Å². The normalized spacial score (nSPS) is 41.3. The Morgan fingerprint density at radius 3 is 2.11 bits per heavy atom. The molecule has 0 radical (unpaired) electrons. The Kier molecular flexibility index (Phi) is 8.09. The molecule has 0 spiro atoms. The summed E-state index contributed by atoms with van der Waals surface area (Å²) in [6.45, 7) is 1.25. The molecule has 28 heavy (non-hydrogen) atoms. The summed E-state index contributed by atoms with van der Waals surface area (Å²) in [5.74, 6) is -0.941. The molecule has 2 aliphatic rings. The minimum atomic E-state index is -1.53. The molecule has 0 aliphatic carbocycles. The van der Waals surface area contributed by atoms with Gasteiger partial charge in [-0.15, -0.1) is 0 Å². The summed E-state index contributed by atoms with van der Waals surface area (Å²) in [6.07, 6.45) is -9.07. The van der Waals surface area contributed by atoms with Gasteiger partial charge in [0.25, 0.3) is 0 Å². The van der Waals surface area contributed by atoms with E-state index in [4.69, 9.17) is 14.2 Å². The monoisotopic (exact) mass is 408 g/mol. The molecule has 0 aromatic rings. The average Bonchev–Trinajstić information content (AvgIpc) is 2.63. The second-order valence-corrected chi connectivity index (χ2v) is 6.89. The van der Waals surface area contributed by atoms with Gasteiger partial charge in [-0.1, -0.05) is 0 Å². The molecular formula is C16H28N2O10. The van der Waals surface area contributed by atoms with Gasteiger partial charge < -0.3 is 50.4 Å². The number of carbonyl (C=O) groups excluding carboxylic acids is 2. The molecule has 2 aliphatic heterocycles. The van der Waals surface area contributed by atoms with Gasteiger partial charge in [-0.25, -0.2) is 0 Å². The molecule has 7 N–H and O–H groups in total. The summed E-state index contributed by atoms with van der Waals surface area (Å²) >= 11 is 0. The lowest BCUT2D eigenvalue weighted by Gasteiger charge is -2.46. The van der Waals surface area contributed by atoms with E-state index in [0.29, 0.717) is 0 Å². The third-order valence-electron chi connectivity index (χ3n) is 4.72. The Morgan fingerprint density at radius 1 is 0.964 bits per heavy atom. The fourth-order valence-electron chi connectivity index (χ4n) is 3.32. The highest BCUT2D eigenvalue weighted by Gasteiger charge is 2.49. The van der Waals surface area contributed by atoms with Gasteiger partial charge in [0.05, 0.1) is 25.9 Å². The number of hydrogen-bond acceptors (Lipinski definition) is 10. The highest BCUT2D eigenvalue weighted by atomic mass is 16.7. The quantitative estimate of drug-likeness (QED) is 0.226. The highest BCUT2D eigenvalue weighted by molar-refractivity contribution is 5.73. The van der Waals surface area contributed by atoms with E-state index in [-0.39, 0.29) is 6.61 Å². The molecule has 12 heteroatoms. The molecular weight excluding hydrogens is 380 g/mol. The third kappa shape index (κ3) is 5.15. The maximum Gasteiger partial charge on any atom is 0.217 e. The molecule has 0 aromatic heterocycles. The van der Waals surface area contributed by atoms with Gasteiger partial charge in [0, 0.05) is 13.8 Å². The zero-order valence-electron chi connectivity index (χ0n) is 15.6. The van der Waals surface area contributed by atoms with Gasteiger partial charge in [0.1, 0.15) is 42.7 Å². The van der Waals surface area contributed by atoms with Crippen molar-refractivity contribution < 1.29 is 49.3 Å².